The molecule has 2 aliphatic rings. The largest absolute Gasteiger partial charge is 0.370 e. The summed E-state index contributed by atoms with van der Waals surface area (Å²) in [5.74, 6) is 0. The first-order chi connectivity index (χ1) is 8.36. The lowest BCUT2D eigenvalue weighted by Gasteiger charge is -2.23. The van der Waals surface area contributed by atoms with Crippen molar-refractivity contribution in [3.8, 4) is 0 Å². The summed E-state index contributed by atoms with van der Waals surface area (Å²) in [6.07, 6.45) is 8.33. The highest BCUT2D eigenvalue weighted by Gasteiger charge is 2.41. The van der Waals surface area contributed by atoms with Crippen LogP contribution in [0.1, 0.15) is 43.4 Å². The summed E-state index contributed by atoms with van der Waals surface area (Å²) < 4.78 is 6.27. The zero-order valence-electron chi connectivity index (χ0n) is 10.3. The topological polar surface area (TPSA) is 21.3 Å². The van der Waals surface area contributed by atoms with E-state index in [-0.39, 0.29) is 5.60 Å². The summed E-state index contributed by atoms with van der Waals surface area (Å²) in [6, 6.07) is 4.30. The minimum atomic E-state index is 0.287. The Morgan fingerprint density at radius 3 is 3.00 bits per heavy atom. The lowest BCUT2D eigenvalue weighted by molar-refractivity contribution is -0.0351. The maximum Gasteiger partial charge on any atom is 0.0708 e. The Labute approximate surface area is 107 Å². The number of hydrogen-bond donors (Lipinski definition) is 1. The fourth-order valence-electron chi connectivity index (χ4n) is 3.20. The van der Waals surface area contributed by atoms with Gasteiger partial charge < -0.3 is 10.1 Å². The van der Waals surface area contributed by atoms with Crippen LogP contribution in [0.4, 0.5) is 0 Å². The van der Waals surface area contributed by atoms with Crippen LogP contribution in [0, 0.1) is 0 Å². The average Bonchev–Trinajstić information content (AvgIpc) is 3.04. The van der Waals surface area contributed by atoms with E-state index in [0.29, 0.717) is 6.10 Å². The number of rotatable bonds is 4. The van der Waals surface area contributed by atoms with Crippen molar-refractivity contribution in [1.82, 2.24) is 5.32 Å². The Kier molecular flexibility index (Phi) is 3.50. The van der Waals surface area contributed by atoms with Gasteiger partial charge in [0.2, 0.25) is 0 Å². The van der Waals surface area contributed by atoms with Crippen LogP contribution in [0.5, 0.6) is 0 Å². The van der Waals surface area contributed by atoms with Crippen LogP contribution in [0.15, 0.2) is 17.5 Å². The predicted molar refractivity (Wildman–Crippen MR) is 71.3 cm³/mol. The molecule has 94 valence electrons. The monoisotopic (exact) mass is 251 g/mol. The number of hydrogen-bond acceptors (Lipinski definition) is 3. The smallest absolute Gasteiger partial charge is 0.0708 e. The van der Waals surface area contributed by atoms with Gasteiger partial charge in [0, 0.05) is 18.0 Å². The van der Waals surface area contributed by atoms with E-state index in [1.54, 1.807) is 0 Å². The van der Waals surface area contributed by atoms with Gasteiger partial charge in [-0.3, -0.25) is 0 Å². The highest BCUT2D eigenvalue weighted by atomic mass is 32.1. The van der Waals surface area contributed by atoms with Gasteiger partial charge in [-0.15, -0.1) is 11.3 Å². The van der Waals surface area contributed by atoms with Crippen molar-refractivity contribution in [2.75, 3.05) is 6.54 Å². The zero-order chi connectivity index (χ0) is 11.6. The molecule has 2 nitrogen and oxygen atoms in total. The van der Waals surface area contributed by atoms with Gasteiger partial charge in [0.15, 0.2) is 0 Å². The summed E-state index contributed by atoms with van der Waals surface area (Å²) in [6.45, 7) is 2.00. The Balaban J connectivity index is 1.42. The molecular formula is C14H21NOS. The normalized spacial score (nSPS) is 26.9. The van der Waals surface area contributed by atoms with Gasteiger partial charge in [-0.1, -0.05) is 18.9 Å². The first kappa shape index (κ1) is 11.7. The maximum atomic E-state index is 6.27. The second-order valence-corrected chi connectivity index (χ2v) is 6.41. The van der Waals surface area contributed by atoms with Crippen molar-refractivity contribution in [2.45, 2.75) is 56.8 Å². The first-order valence-corrected chi connectivity index (χ1v) is 7.65. The molecule has 0 bridgehead atoms. The Bertz CT molecular complexity index is 343. The molecule has 2 heterocycles. The van der Waals surface area contributed by atoms with Gasteiger partial charge in [0.1, 0.15) is 0 Å². The second kappa shape index (κ2) is 5.09. The van der Waals surface area contributed by atoms with E-state index in [1.807, 2.05) is 11.3 Å². The summed E-state index contributed by atoms with van der Waals surface area (Å²) in [7, 11) is 0. The van der Waals surface area contributed by atoms with E-state index in [4.69, 9.17) is 4.74 Å². The lowest BCUT2D eigenvalue weighted by Crippen LogP contribution is -2.30. The third kappa shape index (κ3) is 2.72. The highest BCUT2D eigenvalue weighted by molar-refractivity contribution is 7.09. The summed E-state index contributed by atoms with van der Waals surface area (Å²) in [5, 5.41) is 5.66. The molecule has 1 spiro atoms. The van der Waals surface area contributed by atoms with E-state index >= 15 is 0 Å². The van der Waals surface area contributed by atoms with Crippen molar-refractivity contribution in [1.29, 1.82) is 0 Å². The van der Waals surface area contributed by atoms with Gasteiger partial charge >= 0.3 is 0 Å². The molecule has 1 unspecified atom stereocenters. The SMILES string of the molecule is c1csc(CNCC2CCC3(CCCC3)O2)c1. The minimum absolute atomic E-state index is 0.287. The molecule has 1 aromatic rings. The van der Waals surface area contributed by atoms with E-state index in [9.17, 15) is 0 Å². The van der Waals surface area contributed by atoms with Crippen LogP contribution in [0.2, 0.25) is 0 Å². The van der Waals surface area contributed by atoms with E-state index in [2.05, 4.69) is 22.8 Å². The molecule has 1 atom stereocenters. The third-order valence-corrected chi connectivity index (χ3v) is 4.98. The molecule has 1 aliphatic carbocycles. The number of thiophene rings is 1. The molecule has 1 saturated heterocycles. The Morgan fingerprint density at radius 2 is 2.24 bits per heavy atom. The fourth-order valence-corrected chi connectivity index (χ4v) is 3.87. The number of ether oxygens (including phenoxy) is 1. The quantitative estimate of drug-likeness (QED) is 0.886. The molecule has 1 N–H and O–H groups in total. The molecule has 3 rings (SSSR count). The van der Waals surface area contributed by atoms with Gasteiger partial charge in [0.25, 0.3) is 0 Å². The third-order valence-electron chi connectivity index (χ3n) is 4.10. The van der Waals surface area contributed by atoms with Crippen LogP contribution in [0.3, 0.4) is 0 Å². The van der Waals surface area contributed by atoms with E-state index in [1.165, 1.54) is 43.4 Å². The Morgan fingerprint density at radius 1 is 1.35 bits per heavy atom. The van der Waals surface area contributed by atoms with Crippen molar-refractivity contribution in [2.24, 2.45) is 0 Å². The summed E-state index contributed by atoms with van der Waals surface area (Å²) in [5.41, 5.74) is 0.287. The summed E-state index contributed by atoms with van der Waals surface area (Å²) >= 11 is 1.82. The first-order valence-electron chi connectivity index (χ1n) is 6.77. The van der Waals surface area contributed by atoms with Gasteiger partial charge in [-0.05, 0) is 37.1 Å². The predicted octanol–water partition coefficient (Wildman–Crippen LogP) is 3.33. The van der Waals surface area contributed by atoms with Crippen molar-refractivity contribution in [3.05, 3.63) is 22.4 Å². The average molecular weight is 251 g/mol. The molecule has 1 aromatic heterocycles. The molecule has 0 amide bonds. The molecule has 0 aromatic carbocycles. The van der Waals surface area contributed by atoms with Crippen LogP contribution in [-0.4, -0.2) is 18.2 Å². The molecular weight excluding hydrogens is 230 g/mol. The highest BCUT2D eigenvalue weighted by Crippen LogP contribution is 2.43. The van der Waals surface area contributed by atoms with Crippen LogP contribution >= 0.6 is 11.3 Å². The fraction of sp³-hybridized carbons (Fsp3) is 0.714. The van der Waals surface area contributed by atoms with Crippen molar-refractivity contribution < 1.29 is 4.74 Å². The van der Waals surface area contributed by atoms with Crippen LogP contribution < -0.4 is 5.32 Å². The maximum absolute atomic E-state index is 6.27. The standard InChI is InChI=1S/C14H21NOS/c1-2-7-14(6-1)8-5-12(16-14)10-15-11-13-4-3-9-17-13/h3-4,9,12,15H,1-2,5-8,10-11H2. The molecule has 1 aliphatic heterocycles. The van der Waals surface area contributed by atoms with Gasteiger partial charge in [-0.25, -0.2) is 0 Å². The zero-order valence-corrected chi connectivity index (χ0v) is 11.1. The van der Waals surface area contributed by atoms with Crippen LogP contribution in [0.25, 0.3) is 0 Å². The van der Waals surface area contributed by atoms with Crippen molar-refractivity contribution >= 4 is 11.3 Å². The van der Waals surface area contributed by atoms with Crippen molar-refractivity contribution in [3.63, 3.8) is 0 Å². The lowest BCUT2D eigenvalue weighted by atomic mass is 9.98. The number of nitrogens with one attached hydrogen (secondary N) is 1. The van der Waals surface area contributed by atoms with E-state index in [0.717, 1.165) is 13.1 Å². The van der Waals surface area contributed by atoms with Crippen LogP contribution in [-0.2, 0) is 11.3 Å². The molecule has 3 heteroatoms. The van der Waals surface area contributed by atoms with Gasteiger partial charge in [0.05, 0.1) is 11.7 Å². The minimum Gasteiger partial charge on any atom is -0.370 e. The second-order valence-electron chi connectivity index (χ2n) is 5.38. The summed E-state index contributed by atoms with van der Waals surface area (Å²) in [4.78, 5) is 1.42. The molecule has 17 heavy (non-hydrogen) atoms. The molecule has 1 saturated carbocycles. The van der Waals surface area contributed by atoms with E-state index < -0.39 is 0 Å². The Hall–Kier alpha value is -0.380. The van der Waals surface area contributed by atoms with Gasteiger partial charge in [-0.2, -0.15) is 0 Å². The molecule has 2 fully saturated rings. The molecule has 0 radical (unpaired) electrons.